The van der Waals surface area contributed by atoms with E-state index in [2.05, 4.69) is 0 Å². The van der Waals surface area contributed by atoms with Crippen LogP contribution in [0.15, 0.2) is 42.5 Å². The van der Waals surface area contributed by atoms with Crippen LogP contribution in [-0.2, 0) is 4.74 Å². The highest BCUT2D eigenvalue weighted by Crippen LogP contribution is 2.31. The van der Waals surface area contributed by atoms with Gasteiger partial charge in [0.15, 0.2) is 17.6 Å². The third-order valence-corrected chi connectivity index (χ3v) is 3.65. The summed E-state index contributed by atoms with van der Waals surface area (Å²) < 4.78 is 20.7. The van der Waals surface area contributed by atoms with Crippen molar-refractivity contribution >= 4 is 11.8 Å². The molecule has 1 atom stereocenters. The Kier molecular flexibility index (Phi) is 6.00. The molecule has 0 spiro atoms. The van der Waals surface area contributed by atoms with Gasteiger partial charge in [0.1, 0.15) is 11.3 Å². The van der Waals surface area contributed by atoms with E-state index in [1.165, 1.54) is 21.1 Å². The van der Waals surface area contributed by atoms with Crippen molar-refractivity contribution < 1.29 is 28.5 Å². The average molecular weight is 344 g/mol. The number of para-hydroxylation sites is 1. The van der Waals surface area contributed by atoms with E-state index in [9.17, 15) is 9.59 Å². The topological polar surface area (TPSA) is 71.1 Å². The number of methoxy groups -OCH3 is 3. The maximum atomic E-state index is 12.4. The van der Waals surface area contributed by atoms with Crippen molar-refractivity contribution in [3.63, 3.8) is 0 Å². The number of benzene rings is 2. The molecule has 6 heteroatoms. The summed E-state index contributed by atoms with van der Waals surface area (Å²) in [7, 11) is 4.45. The maximum absolute atomic E-state index is 12.4. The number of hydrogen-bond donors (Lipinski definition) is 0. The van der Waals surface area contributed by atoms with Crippen molar-refractivity contribution in [2.24, 2.45) is 0 Å². The fraction of sp³-hybridized carbons (Fsp3) is 0.263. The zero-order valence-corrected chi connectivity index (χ0v) is 14.6. The van der Waals surface area contributed by atoms with Crippen molar-refractivity contribution in [3.05, 3.63) is 53.6 Å². The predicted molar refractivity (Wildman–Crippen MR) is 91.7 cm³/mol. The minimum atomic E-state index is -0.947. The lowest BCUT2D eigenvalue weighted by Gasteiger charge is -2.15. The van der Waals surface area contributed by atoms with Crippen molar-refractivity contribution in [1.82, 2.24) is 0 Å². The zero-order chi connectivity index (χ0) is 18.4. The van der Waals surface area contributed by atoms with Crippen LogP contribution in [0.25, 0.3) is 0 Å². The molecule has 0 radical (unpaired) electrons. The number of Topliss-reactive ketones (excluding diaryl/α,β-unsaturated/α-hetero) is 1. The molecule has 0 aliphatic heterocycles. The van der Waals surface area contributed by atoms with Crippen molar-refractivity contribution in [2.75, 3.05) is 21.3 Å². The molecule has 132 valence electrons. The molecule has 6 nitrogen and oxygen atoms in total. The Morgan fingerprint density at radius 2 is 1.56 bits per heavy atom. The van der Waals surface area contributed by atoms with Crippen LogP contribution in [0.2, 0.25) is 0 Å². The van der Waals surface area contributed by atoms with Crippen LogP contribution >= 0.6 is 0 Å². The first-order valence-corrected chi connectivity index (χ1v) is 7.62. The van der Waals surface area contributed by atoms with Gasteiger partial charge in [0.2, 0.25) is 5.78 Å². The first kappa shape index (κ1) is 18.3. The molecule has 0 aromatic heterocycles. The average Bonchev–Trinajstić information content (AvgIpc) is 2.66. The predicted octanol–water partition coefficient (Wildman–Crippen LogP) is 3.14. The number of esters is 1. The first-order chi connectivity index (χ1) is 12.0. The monoisotopic (exact) mass is 344 g/mol. The van der Waals surface area contributed by atoms with E-state index in [1.54, 1.807) is 49.6 Å². The standard InChI is InChI=1S/C19H20O6/c1-12(17(20)13-8-10-14(22-2)11-9-13)25-19(21)15-6-5-7-16(23-3)18(15)24-4/h5-12H,1-4H3/t12-/m0/s1. The van der Waals surface area contributed by atoms with Crippen LogP contribution in [0.1, 0.15) is 27.6 Å². The zero-order valence-electron chi connectivity index (χ0n) is 14.6. The maximum Gasteiger partial charge on any atom is 0.342 e. The molecule has 0 amide bonds. The molecule has 2 aromatic carbocycles. The van der Waals surface area contributed by atoms with Crippen LogP contribution in [-0.4, -0.2) is 39.2 Å². The van der Waals surface area contributed by atoms with Gasteiger partial charge in [-0.25, -0.2) is 4.79 Å². The highest BCUT2D eigenvalue weighted by atomic mass is 16.6. The molecular weight excluding hydrogens is 324 g/mol. The number of carbonyl (C=O) groups excluding carboxylic acids is 2. The van der Waals surface area contributed by atoms with Crippen LogP contribution in [0.4, 0.5) is 0 Å². The van der Waals surface area contributed by atoms with Crippen molar-refractivity contribution in [2.45, 2.75) is 13.0 Å². The van der Waals surface area contributed by atoms with E-state index in [0.29, 0.717) is 17.1 Å². The quantitative estimate of drug-likeness (QED) is 0.568. The summed E-state index contributed by atoms with van der Waals surface area (Å²) in [6, 6.07) is 11.5. The molecule has 0 bridgehead atoms. The van der Waals surface area contributed by atoms with Gasteiger partial charge in [0.25, 0.3) is 0 Å². The summed E-state index contributed by atoms with van der Waals surface area (Å²) in [6.07, 6.45) is -0.947. The number of ether oxygens (including phenoxy) is 4. The lowest BCUT2D eigenvalue weighted by molar-refractivity contribution is 0.0315. The SMILES string of the molecule is COc1ccc(C(=O)[C@H](C)OC(=O)c2cccc(OC)c2OC)cc1. The minimum absolute atomic E-state index is 0.191. The second-order valence-corrected chi connectivity index (χ2v) is 5.18. The van der Waals surface area contributed by atoms with Gasteiger partial charge in [0, 0.05) is 5.56 Å². The number of hydrogen-bond acceptors (Lipinski definition) is 6. The van der Waals surface area contributed by atoms with E-state index in [1.807, 2.05) is 0 Å². The van der Waals surface area contributed by atoms with E-state index in [4.69, 9.17) is 18.9 Å². The van der Waals surface area contributed by atoms with E-state index >= 15 is 0 Å². The Labute approximate surface area is 146 Å². The minimum Gasteiger partial charge on any atom is -0.497 e. The lowest BCUT2D eigenvalue weighted by Crippen LogP contribution is -2.24. The van der Waals surface area contributed by atoms with E-state index in [-0.39, 0.29) is 17.1 Å². The lowest BCUT2D eigenvalue weighted by atomic mass is 10.1. The normalized spacial score (nSPS) is 11.4. The molecule has 0 saturated carbocycles. The smallest absolute Gasteiger partial charge is 0.342 e. The number of rotatable bonds is 7. The Morgan fingerprint density at radius 3 is 2.12 bits per heavy atom. The summed E-state index contributed by atoms with van der Waals surface area (Å²) in [4.78, 5) is 24.8. The Hall–Kier alpha value is -3.02. The van der Waals surface area contributed by atoms with Gasteiger partial charge in [-0.3, -0.25) is 4.79 Å². The summed E-state index contributed by atoms with van der Waals surface area (Å²) in [5.74, 6) is 0.343. The van der Waals surface area contributed by atoms with Crippen LogP contribution in [0.5, 0.6) is 17.2 Å². The molecular formula is C19H20O6. The highest BCUT2D eigenvalue weighted by molar-refractivity contribution is 6.02. The summed E-state index contributed by atoms with van der Waals surface area (Å²) in [5, 5.41) is 0. The molecule has 25 heavy (non-hydrogen) atoms. The summed E-state index contributed by atoms with van der Waals surface area (Å²) in [6.45, 7) is 1.52. The van der Waals surface area contributed by atoms with Gasteiger partial charge in [0.05, 0.1) is 21.3 Å². The molecule has 0 N–H and O–H groups in total. The summed E-state index contributed by atoms with van der Waals surface area (Å²) in [5.41, 5.74) is 0.620. The number of ketones is 1. The van der Waals surface area contributed by atoms with Crippen molar-refractivity contribution in [3.8, 4) is 17.2 Å². The van der Waals surface area contributed by atoms with Crippen LogP contribution < -0.4 is 14.2 Å². The van der Waals surface area contributed by atoms with E-state index < -0.39 is 12.1 Å². The molecule has 0 fully saturated rings. The molecule has 2 aromatic rings. The third kappa shape index (κ3) is 4.09. The van der Waals surface area contributed by atoms with Crippen LogP contribution in [0, 0.1) is 0 Å². The molecule has 0 aliphatic carbocycles. The molecule has 2 rings (SSSR count). The second-order valence-electron chi connectivity index (χ2n) is 5.18. The van der Waals surface area contributed by atoms with Crippen LogP contribution in [0.3, 0.4) is 0 Å². The number of carbonyl (C=O) groups is 2. The summed E-state index contributed by atoms with van der Waals surface area (Å²) >= 11 is 0. The fourth-order valence-electron chi connectivity index (χ4n) is 2.32. The Balaban J connectivity index is 2.15. The van der Waals surface area contributed by atoms with Gasteiger partial charge in [-0.05, 0) is 43.3 Å². The van der Waals surface area contributed by atoms with Gasteiger partial charge in [-0.1, -0.05) is 6.07 Å². The van der Waals surface area contributed by atoms with Gasteiger partial charge in [-0.15, -0.1) is 0 Å². The van der Waals surface area contributed by atoms with Gasteiger partial charge >= 0.3 is 5.97 Å². The molecule has 0 heterocycles. The fourth-order valence-corrected chi connectivity index (χ4v) is 2.32. The third-order valence-electron chi connectivity index (χ3n) is 3.65. The molecule has 0 unspecified atom stereocenters. The molecule has 0 aliphatic rings. The Bertz CT molecular complexity index is 751. The first-order valence-electron chi connectivity index (χ1n) is 7.62. The van der Waals surface area contributed by atoms with E-state index in [0.717, 1.165) is 0 Å². The molecule has 0 saturated heterocycles. The van der Waals surface area contributed by atoms with Crippen molar-refractivity contribution in [1.29, 1.82) is 0 Å². The largest absolute Gasteiger partial charge is 0.497 e. The van der Waals surface area contributed by atoms with Gasteiger partial charge < -0.3 is 18.9 Å². The second kappa shape index (κ2) is 8.19. The Morgan fingerprint density at radius 1 is 0.880 bits per heavy atom. The van der Waals surface area contributed by atoms with Gasteiger partial charge in [-0.2, -0.15) is 0 Å². The highest BCUT2D eigenvalue weighted by Gasteiger charge is 2.23.